The molecule has 3 nitrogen and oxygen atoms in total. The van der Waals surface area contributed by atoms with Crippen molar-refractivity contribution in [3.05, 3.63) is 47.2 Å². The molecule has 2 rings (SSSR count). The lowest BCUT2D eigenvalue weighted by molar-refractivity contribution is -0.171. The van der Waals surface area contributed by atoms with E-state index < -0.39 is 18.2 Å². The number of hydrogen-bond acceptors (Lipinski definition) is 3. The molecule has 1 aliphatic rings. The molecule has 96 valence electrons. The summed E-state index contributed by atoms with van der Waals surface area (Å²) in [6.45, 7) is 2.87. The van der Waals surface area contributed by atoms with Gasteiger partial charge in [0.15, 0.2) is 0 Å². The van der Waals surface area contributed by atoms with E-state index in [0.717, 1.165) is 0 Å². The molecular formula is C14H15FO3. The maximum Gasteiger partial charge on any atom is 0.359 e. The molecule has 0 aromatic heterocycles. The van der Waals surface area contributed by atoms with Crippen molar-refractivity contribution in [3.63, 3.8) is 0 Å². The number of benzene rings is 1. The van der Waals surface area contributed by atoms with Crippen LogP contribution in [0.5, 0.6) is 0 Å². The van der Waals surface area contributed by atoms with E-state index in [1.54, 1.807) is 38.1 Å². The number of hydrogen-bond donors (Lipinski definition) is 0. The van der Waals surface area contributed by atoms with E-state index in [2.05, 4.69) is 0 Å². The fraction of sp³-hybridized carbons (Fsp3) is 0.357. The zero-order chi connectivity index (χ0) is 13.2. The fourth-order valence-corrected chi connectivity index (χ4v) is 2.16. The molecule has 1 atom stereocenters. The van der Waals surface area contributed by atoms with Gasteiger partial charge >= 0.3 is 5.97 Å². The SMILES string of the molecule is CCOC(=O)C1(c2ccccc2)OC(C)=C1CF. The molecule has 0 radical (unpaired) electrons. The summed E-state index contributed by atoms with van der Waals surface area (Å²) in [5.74, 6) is -0.108. The number of carbonyl (C=O) groups is 1. The van der Waals surface area contributed by atoms with Gasteiger partial charge in [0, 0.05) is 5.56 Å². The predicted octanol–water partition coefficient (Wildman–Crippen LogP) is 2.72. The highest BCUT2D eigenvalue weighted by Gasteiger charge is 2.55. The molecule has 0 saturated heterocycles. The summed E-state index contributed by atoms with van der Waals surface area (Å²) in [7, 11) is 0. The van der Waals surface area contributed by atoms with Crippen molar-refractivity contribution in [2.24, 2.45) is 0 Å². The summed E-state index contributed by atoms with van der Waals surface area (Å²) >= 11 is 0. The Bertz CT molecular complexity index is 481. The summed E-state index contributed by atoms with van der Waals surface area (Å²) in [6, 6.07) is 8.86. The summed E-state index contributed by atoms with van der Waals surface area (Å²) in [4.78, 5) is 12.1. The molecule has 0 saturated carbocycles. The third-order valence-electron chi connectivity index (χ3n) is 3.03. The van der Waals surface area contributed by atoms with Gasteiger partial charge in [0.05, 0.1) is 12.2 Å². The quantitative estimate of drug-likeness (QED) is 0.771. The molecule has 0 spiro atoms. The second-order valence-electron chi connectivity index (χ2n) is 4.04. The van der Waals surface area contributed by atoms with E-state index in [4.69, 9.17) is 9.47 Å². The van der Waals surface area contributed by atoms with Crippen LogP contribution in [0, 0.1) is 0 Å². The minimum Gasteiger partial charge on any atom is -0.470 e. The second-order valence-corrected chi connectivity index (χ2v) is 4.04. The number of carbonyl (C=O) groups excluding carboxylic acids is 1. The van der Waals surface area contributed by atoms with Gasteiger partial charge in [-0.3, -0.25) is 0 Å². The highest BCUT2D eigenvalue weighted by molar-refractivity contribution is 5.87. The Morgan fingerprint density at radius 2 is 2.06 bits per heavy atom. The topological polar surface area (TPSA) is 35.5 Å². The summed E-state index contributed by atoms with van der Waals surface area (Å²) in [5.41, 5.74) is -0.454. The number of ether oxygens (including phenoxy) is 2. The number of rotatable bonds is 4. The van der Waals surface area contributed by atoms with E-state index in [0.29, 0.717) is 16.9 Å². The average molecular weight is 250 g/mol. The highest BCUT2D eigenvalue weighted by atomic mass is 19.1. The molecule has 1 heterocycles. The maximum atomic E-state index is 13.1. The van der Waals surface area contributed by atoms with Crippen LogP contribution in [-0.4, -0.2) is 19.3 Å². The molecule has 0 fully saturated rings. The molecule has 0 N–H and O–H groups in total. The van der Waals surface area contributed by atoms with Crippen molar-refractivity contribution in [2.75, 3.05) is 13.3 Å². The highest BCUT2D eigenvalue weighted by Crippen LogP contribution is 2.46. The molecule has 4 heteroatoms. The van der Waals surface area contributed by atoms with Gasteiger partial charge in [-0.2, -0.15) is 0 Å². The van der Waals surface area contributed by atoms with Crippen LogP contribution < -0.4 is 0 Å². The zero-order valence-corrected chi connectivity index (χ0v) is 10.4. The Morgan fingerprint density at radius 3 is 2.56 bits per heavy atom. The third kappa shape index (κ3) is 1.68. The van der Waals surface area contributed by atoms with Crippen LogP contribution in [0.4, 0.5) is 4.39 Å². The lowest BCUT2D eigenvalue weighted by Crippen LogP contribution is -2.49. The number of esters is 1. The first-order valence-corrected chi connectivity index (χ1v) is 5.84. The van der Waals surface area contributed by atoms with Crippen LogP contribution in [-0.2, 0) is 19.9 Å². The molecule has 0 amide bonds. The van der Waals surface area contributed by atoms with Gasteiger partial charge in [0.25, 0.3) is 5.60 Å². The van der Waals surface area contributed by atoms with Gasteiger partial charge in [0.1, 0.15) is 12.4 Å². The minimum absolute atomic E-state index is 0.232. The molecule has 1 aromatic carbocycles. The summed E-state index contributed by atoms with van der Waals surface area (Å²) < 4.78 is 23.6. The van der Waals surface area contributed by atoms with E-state index in [-0.39, 0.29) is 6.61 Å². The van der Waals surface area contributed by atoms with Crippen LogP contribution >= 0.6 is 0 Å². The molecule has 0 bridgehead atoms. The van der Waals surface area contributed by atoms with Gasteiger partial charge in [-0.25, -0.2) is 9.18 Å². The van der Waals surface area contributed by atoms with Gasteiger partial charge < -0.3 is 9.47 Å². The standard InChI is InChI=1S/C14H15FO3/c1-3-17-13(16)14(11-7-5-4-6-8-11)12(9-15)10(2)18-14/h4-8H,3,9H2,1-2H3. The smallest absolute Gasteiger partial charge is 0.359 e. The monoisotopic (exact) mass is 250 g/mol. The van der Waals surface area contributed by atoms with Crippen molar-refractivity contribution < 1.29 is 18.7 Å². The van der Waals surface area contributed by atoms with Crippen molar-refractivity contribution in [1.29, 1.82) is 0 Å². The first kappa shape index (κ1) is 12.6. The van der Waals surface area contributed by atoms with E-state index >= 15 is 0 Å². The first-order chi connectivity index (χ1) is 8.66. The van der Waals surface area contributed by atoms with Crippen LogP contribution in [0.1, 0.15) is 19.4 Å². The summed E-state index contributed by atoms with van der Waals surface area (Å²) in [6.07, 6.45) is 0. The van der Waals surface area contributed by atoms with Crippen molar-refractivity contribution in [2.45, 2.75) is 19.4 Å². The van der Waals surface area contributed by atoms with Gasteiger partial charge in [0.2, 0.25) is 0 Å². The first-order valence-electron chi connectivity index (χ1n) is 5.84. The Morgan fingerprint density at radius 1 is 1.39 bits per heavy atom. The molecule has 1 unspecified atom stereocenters. The molecule has 0 aliphatic carbocycles. The molecule has 1 aromatic rings. The number of halogens is 1. The maximum absolute atomic E-state index is 13.1. The molecule has 1 aliphatic heterocycles. The van der Waals surface area contributed by atoms with Crippen molar-refractivity contribution in [3.8, 4) is 0 Å². The molecular weight excluding hydrogens is 235 g/mol. The lowest BCUT2D eigenvalue weighted by Gasteiger charge is -2.42. The Balaban J connectivity index is 2.47. The summed E-state index contributed by atoms with van der Waals surface area (Å²) in [5, 5.41) is 0. The van der Waals surface area contributed by atoms with Crippen LogP contribution in [0.25, 0.3) is 0 Å². The van der Waals surface area contributed by atoms with E-state index in [1.165, 1.54) is 0 Å². The van der Waals surface area contributed by atoms with Crippen LogP contribution in [0.15, 0.2) is 41.7 Å². The Hall–Kier alpha value is -1.84. The van der Waals surface area contributed by atoms with Crippen LogP contribution in [0.2, 0.25) is 0 Å². The third-order valence-corrected chi connectivity index (χ3v) is 3.03. The zero-order valence-electron chi connectivity index (χ0n) is 10.4. The molecule has 18 heavy (non-hydrogen) atoms. The van der Waals surface area contributed by atoms with E-state index in [9.17, 15) is 9.18 Å². The fourth-order valence-electron chi connectivity index (χ4n) is 2.16. The Kier molecular flexibility index (Phi) is 3.36. The largest absolute Gasteiger partial charge is 0.470 e. The van der Waals surface area contributed by atoms with Crippen molar-refractivity contribution >= 4 is 5.97 Å². The van der Waals surface area contributed by atoms with Crippen molar-refractivity contribution in [1.82, 2.24) is 0 Å². The average Bonchev–Trinajstić information content (AvgIpc) is 2.37. The predicted molar refractivity (Wildman–Crippen MR) is 64.5 cm³/mol. The van der Waals surface area contributed by atoms with Gasteiger partial charge in [-0.05, 0) is 13.8 Å². The Labute approximate surface area is 105 Å². The van der Waals surface area contributed by atoms with E-state index in [1.807, 2.05) is 6.07 Å². The second kappa shape index (κ2) is 4.80. The van der Waals surface area contributed by atoms with Gasteiger partial charge in [-0.1, -0.05) is 30.3 Å². The number of allylic oxidation sites excluding steroid dienone is 1. The lowest BCUT2D eigenvalue weighted by atomic mass is 9.81. The van der Waals surface area contributed by atoms with Crippen LogP contribution in [0.3, 0.4) is 0 Å². The normalized spacial score (nSPS) is 22.2. The minimum atomic E-state index is -1.39. The number of alkyl halides is 1. The van der Waals surface area contributed by atoms with Gasteiger partial charge in [-0.15, -0.1) is 0 Å².